The molecule has 0 saturated carbocycles. The molecule has 4 rings (SSSR count). The SMILES string of the molecule is CC(C)N(C(=O)COc1nnc(C(F)(F)F)s1)c1ccc(F)cc1.CCC(CC)Nc1c([N+](=O)[O-])cc(C)c(C)c1[N+](=O)[O-].CSc1nnc(C(C)(C)C)c(=O)n1N. The lowest BCUT2D eigenvalue weighted by Crippen LogP contribution is -2.40. The van der Waals surface area contributed by atoms with Crippen molar-refractivity contribution in [2.45, 2.75) is 104 Å². The van der Waals surface area contributed by atoms with Gasteiger partial charge >= 0.3 is 11.9 Å². The third kappa shape index (κ3) is 13.0. The number of hydrogen-bond acceptors (Lipinski definition) is 15. The van der Waals surface area contributed by atoms with Crippen LogP contribution in [-0.4, -0.2) is 65.8 Å². The van der Waals surface area contributed by atoms with Gasteiger partial charge < -0.3 is 20.8 Å². The van der Waals surface area contributed by atoms with E-state index in [1.165, 1.54) is 47.0 Å². The van der Waals surface area contributed by atoms with E-state index in [1.807, 2.05) is 34.6 Å². The van der Waals surface area contributed by atoms with Crippen LogP contribution in [0.2, 0.25) is 0 Å². The van der Waals surface area contributed by atoms with E-state index in [0.717, 1.165) is 17.5 Å². The summed E-state index contributed by atoms with van der Waals surface area (Å²) in [5.74, 6) is 4.63. The van der Waals surface area contributed by atoms with Gasteiger partial charge in [0.2, 0.25) is 10.2 Å². The van der Waals surface area contributed by atoms with Gasteiger partial charge in [-0.15, -0.1) is 15.3 Å². The summed E-state index contributed by atoms with van der Waals surface area (Å²) in [6.07, 6.45) is -1.35. The lowest BCUT2D eigenvalue weighted by atomic mass is 9.93. The number of carbonyl (C=O) groups is 1. The summed E-state index contributed by atoms with van der Waals surface area (Å²) in [5, 5.41) is 38.3. The molecule has 0 radical (unpaired) electrons. The molecule has 2 aromatic carbocycles. The summed E-state index contributed by atoms with van der Waals surface area (Å²) in [6.45, 7) is 15.8. The summed E-state index contributed by atoms with van der Waals surface area (Å²) in [4.78, 5) is 46.7. The third-order valence-electron chi connectivity index (χ3n) is 8.12. The lowest BCUT2D eigenvalue weighted by Gasteiger charge is -2.26. The standard InChI is InChI=1S/C14H13F4N3O2S.C13H19N3O4.C8H14N4OS/c1-8(2)21(10-5-3-9(15)4-6-10)11(22)7-23-13-20-19-12(24-13)14(16,17)18;1-5-10(6-2)14-12-11(15(17)18)7-8(3)9(4)13(12)16(19)20;1-8(2,3)5-6(13)12(9)7(14-4)11-10-5/h3-6,8H,7H2,1-2H3;7,10,14H,5-6H2,1-4H3;9H2,1-4H3. The molecule has 23 heteroatoms. The van der Waals surface area contributed by atoms with Crippen LogP contribution in [0.15, 0.2) is 40.3 Å². The van der Waals surface area contributed by atoms with Crippen LogP contribution in [0.4, 0.5) is 40.3 Å². The Bertz CT molecular complexity index is 2100. The van der Waals surface area contributed by atoms with Crippen LogP contribution in [0, 0.1) is 39.9 Å². The van der Waals surface area contributed by atoms with Crippen molar-refractivity contribution in [1.82, 2.24) is 25.1 Å². The number of thioether (sulfide) groups is 1. The molecule has 58 heavy (non-hydrogen) atoms. The Morgan fingerprint density at radius 1 is 1.03 bits per heavy atom. The van der Waals surface area contributed by atoms with Gasteiger partial charge in [-0.25, -0.2) is 4.39 Å². The second kappa shape index (κ2) is 20.8. The molecule has 0 unspecified atom stereocenters. The molecule has 2 heterocycles. The van der Waals surface area contributed by atoms with Crippen molar-refractivity contribution in [3.05, 3.63) is 88.6 Å². The number of hydrogen-bond donors (Lipinski definition) is 2. The Kier molecular flexibility index (Phi) is 17.5. The van der Waals surface area contributed by atoms with E-state index in [4.69, 9.17) is 10.6 Å². The third-order valence-corrected chi connectivity index (χ3v) is 9.64. The van der Waals surface area contributed by atoms with E-state index >= 15 is 0 Å². The van der Waals surface area contributed by atoms with Gasteiger partial charge in [0.15, 0.2) is 12.3 Å². The number of nitrogens with zero attached hydrogens (tertiary/aromatic N) is 8. The predicted octanol–water partition coefficient (Wildman–Crippen LogP) is 7.61. The number of nitrogen functional groups attached to an aromatic ring is 1. The van der Waals surface area contributed by atoms with Crippen LogP contribution in [0.1, 0.15) is 83.1 Å². The average molecular weight is 859 g/mol. The van der Waals surface area contributed by atoms with Crippen molar-refractivity contribution in [2.24, 2.45) is 0 Å². The number of halogens is 4. The zero-order chi connectivity index (χ0) is 44.3. The van der Waals surface area contributed by atoms with Crippen molar-refractivity contribution >= 4 is 51.8 Å². The summed E-state index contributed by atoms with van der Waals surface area (Å²) in [6, 6.07) is 6.37. The molecular weight excluding hydrogens is 813 g/mol. The first-order valence-electron chi connectivity index (χ1n) is 17.5. The molecule has 318 valence electrons. The monoisotopic (exact) mass is 858 g/mol. The number of alkyl halides is 3. The molecular formula is C35H46F4N10O7S2. The van der Waals surface area contributed by atoms with Gasteiger partial charge in [0.25, 0.3) is 22.3 Å². The molecule has 0 atom stereocenters. The lowest BCUT2D eigenvalue weighted by molar-refractivity contribution is -0.392. The molecule has 1 amide bonds. The highest BCUT2D eigenvalue weighted by molar-refractivity contribution is 7.98. The van der Waals surface area contributed by atoms with Gasteiger partial charge in [-0.2, -0.15) is 17.8 Å². The Morgan fingerprint density at radius 2 is 1.62 bits per heavy atom. The number of benzene rings is 2. The second-order valence-corrected chi connectivity index (χ2v) is 15.4. The summed E-state index contributed by atoms with van der Waals surface area (Å²) < 4.78 is 56.3. The van der Waals surface area contributed by atoms with Gasteiger partial charge in [-0.05, 0) is 76.6 Å². The molecule has 0 aliphatic rings. The van der Waals surface area contributed by atoms with Gasteiger partial charge in [-0.3, -0.25) is 29.8 Å². The smallest absolute Gasteiger partial charge is 0.445 e. The molecule has 0 fully saturated rings. The Morgan fingerprint density at radius 3 is 2.07 bits per heavy atom. The minimum absolute atomic E-state index is 0.0109. The normalized spacial score (nSPS) is 11.3. The minimum Gasteiger partial charge on any atom is -0.459 e. The van der Waals surface area contributed by atoms with E-state index in [-0.39, 0.29) is 56.7 Å². The highest BCUT2D eigenvalue weighted by Crippen LogP contribution is 2.40. The number of rotatable bonds is 12. The van der Waals surface area contributed by atoms with Crippen LogP contribution in [0.3, 0.4) is 0 Å². The van der Waals surface area contributed by atoms with E-state index < -0.39 is 39.4 Å². The van der Waals surface area contributed by atoms with Gasteiger partial charge in [0.1, 0.15) is 11.5 Å². The summed E-state index contributed by atoms with van der Waals surface area (Å²) >= 11 is 1.50. The number of anilines is 2. The average Bonchev–Trinajstić information content (AvgIpc) is 3.63. The summed E-state index contributed by atoms with van der Waals surface area (Å²) in [5.41, 5.74) is 0.782. The topological polar surface area (TPSA) is 227 Å². The number of nitrogens with one attached hydrogen (secondary N) is 1. The maximum atomic E-state index is 13.0. The molecule has 0 aliphatic heterocycles. The van der Waals surface area contributed by atoms with Crippen molar-refractivity contribution < 1.29 is 36.9 Å². The fourth-order valence-corrected chi connectivity index (χ4v) is 5.96. The van der Waals surface area contributed by atoms with Crippen LogP contribution < -0.4 is 26.4 Å². The molecule has 2 aromatic heterocycles. The Labute approximate surface area is 339 Å². The number of nitro groups is 2. The van der Waals surface area contributed by atoms with Crippen LogP contribution in [0.25, 0.3) is 0 Å². The molecule has 0 bridgehead atoms. The van der Waals surface area contributed by atoms with Crippen LogP contribution in [-0.2, 0) is 16.4 Å². The quantitative estimate of drug-likeness (QED) is 0.0460. The zero-order valence-electron chi connectivity index (χ0n) is 33.5. The van der Waals surface area contributed by atoms with Crippen molar-refractivity contribution in [3.8, 4) is 5.19 Å². The second-order valence-electron chi connectivity index (χ2n) is 13.7. The molecule has 3 N–H and O–H groups in total. The highest BCUT2D eigenvalue weighted by Gasteiger charge is 2.36. The zero-order valence-corrected chi connectivity index (χ0v) is 35.1. The van der Waals surface area contributed by atoms with Crippen molar-refractivity contribution in [3.63, 3.8) is 0 Å². The predicted molar refractivity (Wildman–Crippen MR) is 214 cm³/mol. The highest BCUT2D eigenvalue weighted by atomic mass is 32.2. The van der Waals surface area contributed by atoms with Crippen molar-refractivity contribution in [1.29, 1.82) is 0 Å². The van der Waals surface area contributed by atoms with E-state index in [1.54, 1.807) is 34.0 Å². The number of nitrogens with two attached hydrogens (primary N) is 1. The number of amides is 1. The molecule has 4 aromatic rings. The van der Waals surface area contributed by atoms with Gasteiger partial charge in [0, 0.05) is 34.8 Å². The maximum absolute atomic E-state index is 13.0. The van der Waals surface area contributed by atoms with Crippen LogP contribution >= 0.6 is 23.1 Å². The van der Waals surface area contributed by atoms with Crippen molar-refractivity contribution in [2.75, 3.05) is 28.9 Å². The van der Waals surface area contributed by atoms with E-state index in [0.29, 0.717) is 27.7 Å². The largest absolute Gasteiger partial charge is 0.459 e. The molecule has 17 nitrogen and oxygen atoms in total. The Balaban J connectivity index is 0.000000311. The molecule has 0 saturated heterocycles. The fraction of sp³-hybridized carbons (Fsp3) is 0.486. The van der Waals surface area contributed by atoms with E-state index in [9.17, 15) is 47.4 Å². The molecule has 0 aliphatic carbocycles. The number of aromatic nitrogens is 5. The Hall–Kier alpha value is -5.45. The first kappa shape index (κ1) is 48.7. The molecule has 0 spiro atoms. The van der Waals surface area contributed by atoms with Gasteiger partial charge in [-0.1, -0.05) is 62.8 Å². The van der Waals surface area contributed by atoms with Crippen LogP contribution in [0.5, 0.6) is 5.19 Å². The first-order chi connectivity index (χ1) is 26.9. The number of ether oxygens (including phenoxy) is 1. The number of carbonyl (C=O) groups excluding carboxylic acids is 1. The van der Waals surface area contributed by atoms with Gasteiger partial charge in [0.05, 0.1) is 9.85 Å². The maximum Gasteiger partial charge on any atom is 0.445 e. The fourth-order valence-electron chi connectivity index (χ4n) is 4.99. The number of nitro benzene ring substituents is 2. The first-order valence-corrected chi connectivity index (χ1v) is 19.5. The minimum atomic E-state index is -4.61. The number of aryl methyl sites for hydroxylation is 1. The van der Waals surface area contributed by atoms with E-state index in [2.05, 4.69) is 25.7 Å². The summed E-state index contributed by atoms with van der Waals surface area (Å²) in [7, 11) is 0.